The molecule has 0 unspecified atom stereocenters. The first-order chi connectivity index (χ1) is 9.56. The normalized spacial score (nSPS) is 11.3. The van der Waals surface area contributed by atoms with Gasteiger partial charge in [-0.1, -0.05) is 0 Å². The number of aromatic nitrogens is 1. The van der Waals surface area contributed by atoms with Crippen molar-refractivity contribution in [2.45, 2.75) is 11.3 Å². The molecule has 0 saturated heterocycles. The number of nitrogens with one attached hydrogen (secondary N) is 1. The Morgan fingerprint density at radius 2 is 2.25 bits per heavy atom. The Balaban J connectivity index is 2.39. The molecule has 0 fully saturated rings. The summed E-state index contributed by atoms with van der Waals surface area (Å²) < 4.78 is 32.3. The van der Waals surface area contributed by atoms with Gasteiger partial charge in [-0.05, 0) is 36.7 Å². The van der Waals surface area contributed by atoms with Crippen molar-refractivity contribution in [1.82, 2.24) is 4.98 Å². The highest BCUT2D eigenvalue weighted by Gasteiger charge is 2.19. The Bertz CT molecular complexity index is 669. The first kappa shape index (κ1) is 14.8. The molecule has 0 radical (unpaired) electrons. The van der Waals surface area contributed by atoms with Gasteiger partial charge in [-0.25, -0.2) is 13.4 Å². The predicted molar refractivity (Wildman–Crippen MR) is 78.7 cm³/mol. The molecule has 6 nitrogen and oxygen atoms in total. The van der Waals surface area contributed by atoms with Gasteiger partial charge in [-0.2, -0.15) is 0 Å². The highest BCUT2D eigenvalue weighted by molar-refractivity contribution is 7.93. The summed E-state index contributed by atoms with van der Waals surface area (Å²) in [6.07, 6.45) is 1.99. The first-order valence-electron chi connectivity index (χ1n) is 5.86. The molecule has 0 aliphatic heterocycles. The number of benzene rings is 1. The average Bonchev–Trinajstić information content (AvgIpc) is 2.91. The Morgan fingerprint density at radius 1 is 1.45 bits per heavy atom. The van der Waals surface area contributed by atoms with Gasteiger partial charge in [0, 0.05) is 11.6 Å². The molecule has 1 heterocycles. The van der Waals surface area contributed by atoms with Crippen molar-refractivity contribution in [2.24, 2.45) is 5.73 Å². The van der Waals surface area contributed by atoms with E-state index in [4.69, 9.17) is 10.5 Å². The molecular weight excluding hydrogens is 298 g/mol. The zero-order chi connectivity index (χ0) is 14.6. The van der Waals surface area contributed by atoms with E-state index in [1.165, 1.54) is 30.7 Å². The van der Waals surface area contributed by atoms with E-state index >= 15 is 0 Å². The summed E-state index contributed by atoms with van der Waals surface area (Å²) in [5.41, 5.74) is 6.16. The summed E-state index contributed by atoms with van der Waals surface area (Å²) in [4.78, 5) is 4.11. The summed E-state index contributed by atoms with van der Waals surface area (Å²) >= 11 is 1.22. The molecule has 0 saturated carbocycles. The number of nitrogens with two attached hydrogens (primary N) is 1. The van der Waals surface area contributed by atoms with E-state index in [1.807, 2.05) is 0 Å². The molecule has 0 atom stereocenters. The van der Waals surface area contributed by atoms with Crippen LogP contribution in [-0.2, 0) is 16.4 Å². The summed E-state index contributed by atoms with van der Waals surface area (Å²) in [6, 6.07) is 4.81. The Hall–Kier alpha value is -1.64. The van der Waals surface area contributed by atoms with Gasteiger partial charge in [0.2, 0.25) is 0 Å². The second-order valence-electron chi connectivity index (χ2n) is 3.96. The first-order valence-corrected chi connectivity index (χ1v) is 8.22. The fourth-order valence-corrected chi connectivity index (χ4v) is 3.78. The third kappa shape index (κ3) is 3.27. The molecule has 1 aromatic heterocycles. The molecule has 0 aliphatic rings. The van der Waals surface area contributed by atoms with Crippen LogP contribution >= 0.6 is 11.3 Å². The summed E-state index contributed by atoms with van der Waals surface area (Å²) in [6.45, 7) is 0.354. The molecule has 3 N–H and O–H groups in total. The fourth-order valence-electron chi connectivity index (χ4n) is 1.74. The van der Waals surface area contributed by atoms with Gasteiger partial charge in [0.25, 0.3) is 10.0 Å². The Morgan fingerprint density at radius 3 is 2.85 bits per heavy atom. The number of rotatable bonds is 6. The maximum Gasteiger partial charge on any atom is 0.263 e. The maximum absolute atomic E-state index is 12.4. The summed E-state index contributed by atoms with van der Waals surface area (Å²) in [7, 11) is -2.14. The number of methoxy groups -OCH3 is 1. The lowest BCUT2D eigenvalue weighted by atomic mass is 10.1. The topological polar surface area (TPSA) is 94.3 Å². The average molecular weight is 313 g/mol. The monoisotopic (exact) mass is 313 g/mol. The number of ether oxygens (including phenoxy) is 1. The van der Waals surface area contributed by atoms with Crippen molar-refractivity contribution in [1.29, 1.82) is 0 Å². The minimum atomic E-state index is -3.67. The number of sulfonamides is 1. The van der Waals surface area contributed by atoms with Crippen molar-refractivity contribution in [2.75, 3.05) is 18.4 Å². The molecule has 20 heavy (non-hydrogen) atoms. The molecule has 0 amide bonds. The molecule has 108 valence electrons. The van der Waals surface area contributed by atoms with Crippen LogP contribution in [0.4, 0.5) is 5.13 Å². The van der Waals surface area contributed by atoms with E-state index in [9.17, 15) is 8.42 Å². The molecular formula is C12H15N3O3S2. The summed E-state index contributed by atoms with van der Waals surface area (Å²) in [5.74, 6) is 0.599. The van der Waals surface area contributed by atoms with Gasteiger partial charge >= 0.3 is 0 Å². The molecule has 2 rings (SSSR count). The zero-order valence-corrected chi connectivity index (χ0v) is 12.5. The van der Waals surface area contributed by atoms with E-state index in [2.05, 4.69) is 9.71 Å². The highest BCUT2D eigenvalue weighted by Crippen LogP contribution is 2.24. The van der Waals surface area contributed by atoms with Crippen LogP contribution in [0, 0.1) is 0 Å². The lowest BCUT2D eigenvalue weighted by Gasteiger charge is -2.12. The van der Waals surface area contributed by atoms with Crippen LogP contribution < -0.4 is 15.2 Å². The molecule has 0 aliphatic carbocycles. The molecule has 1 aromatic carbocycles. The van der Waals surface area contributed by atoms with Crippen LogP contribution in [0.3, 0.4) is 0 Å². The van der Waals surface area contributed by atoms with Crippen molar-refractivity contribution >= 4 is 26.5 Å². The van der Waals surface area contributed by atoms with Crippen LogP contribution in [0.1, 0.15) is 5.56 Å². The zero-order valence-electron chi connectivity index (χ0n) is 10.9. The van der Waals surface area contributed by atoms with Crippen molar-refractivity contribution in [3.05, 3.63) is 35.3 Å². The number of anilines is 1. The maximum atomic E-state index is 12.4. The number of hydrogen-bond acceptors (Lipinski definition) is 6. The Kier molecular flexibility index (Phi) is 4.58. The van der Waals surface area contributed by atoms with Gasteiger partial charge in [0.1, 0.15) is 5.75 Å². The second-order valence-corrected chi connectivity index (χ2v) is 6.50. The third-order valence-corrected chi connectivity index (χ3v) is 4.88. The molecule has 8 heteroatoms. The van der Waals surface area contributed by atoms with Gasteiger partial charge in [-0.15, -0.1) is 11.3 Å². The van der Waals surface area contributed by atoms with Crippen LogP contribution in [0.25, 0.3) is 0 Å². The van der Waals surface area contributed by atoms with Gasteiger partial charge in [0.15, 0.2) is 5.13 Å². The van der Waals surface area contributed by atoms with E-state index in [0.717, 1.165) is 0 Å². The van der Waals surface area contributed by atoms with Crippen LogP contribution in [-0.4, -0.2) is 27.1 Å². The van der Waals surface area contributed by atoms with Crippen molar-refractivity contribution in [3.8, 4) is 5.75 Å². The van der Waals surface area contributed by atoms with Crippen molar-refractivity contribution in [3.63, 3.8) is 0 Å². The summed E-state index contributed by atoms with van der Waals surface area (Å²) in [5, 5.41) is 2.03. The minimum Gasteiger partial charge on any atom is -0.497 e. The van der Waals surface area contributed by atoms with Gasteiger partial charge in [-0.3, -0.25) is 4.72 Å². The third-order valence-electron chi connectivity index (χ3n) is 2.62. The Labute approximate surface area is 121 Å². The number of nitrogens with zero attached hydrogens (tertiary/aromatic N) is 1. The minimum absolute atomic E-state index is 0.193. The quantitative estimate of drug-likeness (QED) is 0.842. The van der Waals surface area contributed by atoms with Gasteiger partial charge in [0.05, 0.1) is 12.0 Å². The van der Waals surface area contributed by atoms with Crippen molar-refractivity contribution < 1.29 is 13.2 Å². The number of hydrogen-bond donors (Lipinski definition) is 2. The second kappa shape index (κ2) is 6.21. The van der Waals surface area contributed by atoms with Gasteiger partial charge < -0.3 is 10.5 Å². The van der Waals surface area contributed by atoms with E-state index in [-0.39, 0.29) is 4.90 Å². The molecule has 0 bridgehead atoms. The van der Waals surface area contributed by atoms with Crippen LogP contribution in [0.5, 0.6) is 5.75 Å². The largest absolute Gasteiger partial charge is 0.497 e. The highest BCUT2D eigenvalue weighted by atomic mass is 32.2. The lowest BCUT2D eigenvalue weighted by molar-refractivity contribution is 0.414. The standard InChI is InChI=1S/C12H15N3O3S2/c1-18-10-2-3-11(9(8-10)4-5-13)20(16,17)15-12-14-6-7-19-12/h2-3,6-8H,4-5,13H2,1H3,(H,14,15). The molecule has 0 spiro atoms. The predicted octanol–water partition coefficient (Wildman–Crippen LogP) is 1.45. The van der Waals surface area contributed by atoms with E-state index in [0.29, 0.717) is 29.4 Å². The van der Waals surface area contributed by atoms with E-state index < -0.39 is 10.0 Å². The fraction of sp³-hybridized carbons (Fsp3) is 0.250. The smallest absolute Gasteiger partial charge is 0.263 e. The van der Waals surface area contributed by atoms with Crippen LogP contribution in [0.2, 0.25) is 0 Å². The van der Waals surface area contributed by atoms with Crippen LogP contribution in [0.15, 0.2) is 34.7 Å². The number of thiazole rings is 1. The van der Waals surface area contributed by atoms with E-state index in [1.54, 1.807) is 17.5 Å². The SMILES string of the molecule is COc1ccc(S(=O)(=O)Nc2nccs2)c(CCN)c1. The lowest BCUT2D eigenvalue weighted by Crippen LogP contribution is -2.16. The molecule has 2 aromatic rings.